The molecule has 7 heteroatoms. The molecule has 108 valence electrons. The van der Waals surface area contributed by atoms with Gasteiger partial charge in [0.05, 0.1) is 7.11 Å². The van der Waals surface area contributed by atoms with Crippen LogP contribution in [0.4, 0.5) is 10.5 Å². The van der Waals surface area contributed by atoms with E-state index >= 15 is 0 Å². The first kappa shape index (κ1) is 15.5. The van der Waals surface area contributed by atoms with Crippen LogP contribution in [0.3, 0.4) is 0 Å². The van der Waals surface area contributed by atoms with Crippen LogP contribution in [0.25, 0.3) is 0 Å². The molecule has 0 saturated heterocycles. The Labute approximate surface area is 115 Å². The molecule has 2 amide bonds. The highest BCUT2D eigenvalue weighted by atomic mass is 16.5. The van der Waals surface area contributed by atoms with E-state index in [0.717, 1.165) is 0 Å². The predicted molar refractivity (Wildman–Crippen MR) is 71.9 cm³/mol. The van der Waals surface area contributed by atoms with Crippen LogP contribution in [-0.2, 0) is 9.59 Å². The van der Waals surface area contributed by atoms with Gasteiger partial charge in [-0.15, -0.1) is 0 Å². The van der Waals surface area contributed by atoms with E-state index in [1.165, 1.54) is 14.0 Å². The van der Waals surface area contributed by atoms with Gasteiger partial charge in [-0.2, -0.15) is 0 Å². The van der Waals surface area contributed by atoms with Crippen LogP contribution in [0.15, 0.2) is 24.3 Å². The Morgan fingerprint density at radius 2 is 2.05 bits per heavy atom. The number of anilines is 1. The third-order valence-electron chi connectivity index (χ3n) is 2.42. The van der Waals surface area contributed by atoms with Gasteiger partial charge in [0.15, 0.2) is 0 Å². The van der Waals surface area contributed by atoms with Gasteiger partial charge in [0.25, 0.3) is 0 Å². The molecule has 1 aromatic carbocycles. The normalized spacial score (nSPS) is 11.3. The molecule has 1 rings (SSSR count). The third kappa shape index (κ3) is 4.97. The molecule has 0 bridgehead atoms. The van der Waals surface area contributed by atoms with E-state index in [9.17, 15) is 14.4 Å². The highest BCUT2D eigenvalue weighted by Gasteiger charge is 2.21. The topological polar surface area (TPSA) is 105 Å². The van der Waals surface area contributed by atoms with Crippen molar-refractivity contribution in [3.05, 3.63) is 24.3 Å². The maximum atomic E-state index is 11.7. The maximum Gasteiger partial charge on any atom is 0.326 e. The van der Waals surface area contributed by atoms with Crippen molar-refractivity contribution in [3.63, 3.8) is 0 Å². The van der Waals surface area contributed by atoms with E-state index in [1.807, 2.05) is 0 Å². The van der Waals surface area contributed by atoms with Gasteiger partial charge in [0, 0.05) is 18.2 Å². The summed E-state index contributed by atoms with van der Waals surface area (Å²) in [6, 6.07) is 4.64. The lowest BCUT2D eigenvalue weighted by Crippen LogP contribution is -2.44. The molecule has 0 fully saturated rings. The average Bonchev–Trinajstić information content (AvgIpc) is 2.37. The zero-order valence-corrected chi connectivity index (χ0v) is 11.2. The standard InChI is InChI=1S/C13H16N2O5/c1-8(16)6-11(12(17)18)15-13(19)14-9-4-3-5-10(7-9)20-2/h3-5,7,11H,6H2,1-2H3,(H,17,18)(H2,14,15,19). The smallest absolute Gasteiger partial charge is 0.326 e. The number of carbonyl (C=O) groups excluding carboxylic acids is 2. The molecule has 0 heterocycles. The Hall–Kier alpha value is -2.57. The second-order valence-corrected chi connectivity index (χ2v) is 4.13. The van der Waals surface area contributed by atoms with E-state index in [0.29, 0.717) is 11.4 Å². The summed E-state index contributed by atoms with van der Waals surface area (Å²) in [5.41, 5.74) is 0.453. The predicted octanol–water partition coefficient (Wildman–Crippen LogP) is 1.25. The van der Waals surface area contributed by atoms with Crippen molar-refractivity contribution in [2.24, 2.45) is 0 Å². The fourth-order valence-corrected chi connectivity index (χ4v) is 1.51. The molecule has 0 aliphatic rings. The third-order valence-corrected chi connectivity index (χ3v) is 2.42. The maximum absolute atomic E-state index is 11.7. The minimum atomic E-state index is -1.26. The van der Waals surface area contributed by atoms with Crippen LogP contribution in [0, 0.1) is 0 Å². The SMILES string of the molecule is COc1cccc(NC(=O)NC(CC(C)=O)C(=O)O)c1. The van der Waals surface area contributed by atoms with Gasteiger partial charge in [0.1, 0.15) is 17.6 Å². The Morgan fingerprint density at radius 3 is 2.60 bits per heavy atom. The number of aliphatic carboxylic acids is 1. The number of ether oxygens (including phenoxy) is 1. The number of nitrogens with one attached hydrogen (secondary N) is 2. The van der Waals surface area contributed by atoms with Crippen molar-refractivity contribution in [1.82, 2.24) is 5.32 Å². The van der Waals surface area contributed by atoms with Crippen molar-refractivity contribution in [2.45, 2.75) is 19.4 Å². The second-order valence-electron chi connectivity index (χ2n) is 4.13. The molecule has 1 unspecified atom stereocenters. The van der Waals surface area contributed by atoms with Gasteiger partial charge in [-0.05, 0) is 19.1 Å². The Bertz CT molecular complexity index is 515. The number of amides is 2. The van der Waals surface area contributed by atoms with Crippen LogP contribution in [0.2, 0.25) is 0 Å². The molecule has 7 nitrogen and oxygen atoms in total. The summed E-state index contributed by atoms with van der Waals surface area (Å²) >= 11 is 0. The average molecular weight is 280 g/mol. The summed E-state index contributed by atoms with van der Waals surface area (Å²) in [5, 5.41) is 13.6. The molecule has 0 aliphatic carbocycles. The molecule has 0 spiro atoms. The Balaban J connectivity index is 2.65. The van der Waals surface area contributed by atoms with Crippen LogP contribution in [0.1, 0.15) is 13.3 Å². The molecule has 0 aromatic heterocycles. The van der Waals surface area contributed by atoms with Gasteiger partial charge in [-0.3, -0.25) is 4.79 Å². The van der Waals surface area contributed by atoms with Crippen LogP contribution < -0.4 is 15.4 Å². The van der Waals surface area contributed by atoms with Gasteiger partial charge in [0.2, 0.25) is 0 Å². The molecule has 0 saturated carbocycles. The molecule has 3 N–H and O–H groups in total. The zero-order chi connectivity index (χ0) is 15.1. The van der Waals surface area contributed by atoms with Crippen molar-refractivity contribution in [2.75, 3.05) is 12.4 Å². The summed E-state index contributed by atoms with van der Waals surface area (Å²) in [5.74, 6) is -1.03. The molecule has 20 heavy (non-hydrogen) atoms. The van der Waals surface area contributed by atoms with E-state index in [1.54, 1.807) is 24.3 Å². The molecular formula is C13H16N2O5. The number of hydrogen-bond donors (Lipinski definition) is 3. The first-order valence-electron chi connectivity index (χ1n) is 5.86. The van der Waals surface area contributed by atoms with Crippen molar-refractivity contribution >= 4 is 23.5 Å². The lowest BCUT2D eigenvalue weighted by Gasteiger charge is -2.14. The summed E-state index contributed by atoms with van der Waals surface area (Å²) in [4.78, 5) is 33.5. The van der Waals surface area contributed by atoms with Gasteiger partial charge < -0.3 is 20.5 Å². The number of benzene rings is 1. The van der Waals surface area contributed by atoms with Crippen LogP contribution in [-0.4, -0.2) is 36.0 Å². The molecular weight excluding hydrogens is 264 g/mol. The van der Waals surface area contributed by atoms with E-state index < -0.39 is 18.0 Å². The Kier molecular flexibility index (Phi) is 5.52. The first-order valence-corrected chi connectivity index (χ1v) is 5.86. The highest BCUT2D eigenvalue weighted by Crippen LogP contribution is 2.16. The first-order chi connectivity index (χ1) is 9.42. The molecule has 0 aliphatic heterocycles. The Morgan fingerprint density at radius 1 is 1.35 bits per heavy atom. The highest BCUT2D eigenvalue weighted by molar-refractivity contribution is 5.94. The largest absolute Gasteiger partial charge is 0.497 e. The second kappa shape index (κ2) is 7.13. The monoisotopic (exact) mass is 280 g/mol. The van der Waals surface area contributed by atoms with Gasteiger partial charge in [-0.25, -0.2) is 9.59 Å². The minimum Gasteiger partial charge on any atom is -0.497 e. The molecule has 1 aromatic rings. The van der Waals surface area contributed by atoms with E-state index in [2.05, 4.69) is 10.6 Å². The van der Waals surface area contributed by atoms with Gasteiger partial charge >= 0.3 is 12.0 Å². The number of carboxylic acids is 1. The van der Waals surface area contributed by atoms with E-state index in [-0.39, 0.29) is 12.2 Å². The summed E-state index contributed by atoms with van der Waals surface area (Å²) in [6.07, 6.45) is -0.263. The minimum absolute atomic E-state index is 0.263. The fourth-order valence-electron chi connectivity index (χ4n) is 1.51. The van der Waals surface area contributed by atoms with Crippen molar-refractivity contribution < 1.29 is 24.2 Å². The van der Waals surface area contributed by atoms with Crippen molar-refractivity contribution in [1.29, 1.82) is 0 Å². The number of Topliss-reactive ketones (excluding diaryl/α,β-unsaturated/α-hetero) is 1. The molecule has 0 radical (unpaired) electrons. The summed E-state index contributed by atoms with van der Waals surface area (Å²) in [6.45, 7) is 1.26. The number of methoxy groups -OCH3 is 1. The lowest BCUT2D eigenvalue weighted by molar-refractivity contribution is -0.140. The number of ketones is 1. The number of carboxylic acid groups (broad SMARTS) is 1. The summed E-state index contributed by atoms with van der Waals surface area (Å²) < 4.78 is 5.00. The number of carbonyl (C=O) groups is 3. The van der Waals surface area contributed by atoms with Crippen LogP contribution in [0.5, 0.6) is 5.75 Å². The number of urea groups is 1. The van der Waals surface area contributed by atoms with Crippen molar-refractivity contribution in [3.8, 4) is 5.75 Å². The lowest BCUT2D eigenvalue weighted by atomic mass is 10.1. The van der Waals surface area contributed by atoms with Crippen LogP contribution >= 0.6 is 0 Å². The summed E-state index contributed by atoms with van der Waals surface area (Å²) in [7, 11) is 1.49. The number of rotatable bonds is 6. The quantitative estimate of drug-likeness (QED) is 0.727. The van der Waals surface area contributed by atoms with E-state index in [4.69, 9.17) is 9.84 Å². The fraction of sp³-hybridized carbons (Fsp3) is 0.308. The zero-order valence-electron chi connectivity index (χ0n) is 11.2. The molecule has 1 atom stereocenters. The van der Waals surface area contributed by atoms with Gasteiger partial charge in [-0.1, -0.05) is 6.07 Å². The number of hydrogen-bond acceptors (Lipinski definition) is 4.